The van der Waals surface area contributed by atoms with Crippen LogP contribution in [-0.4, -0.2) is 18.9 Å². The van der Waals surface area contributed by atoms with Crippen molar-refractivity contribution in [2.24, 2.45) is 11.1 Å². The molecular formula is C25H27NO2. The summed E-state index contributed by atoms with van der Waals surface area (Å²) in [7, 11) is 0. The van der Waals surface area contributed by atoms with Gasteiger partial charge in [0, 0.05) is 0 Å². The second kappa shape index (κ2) is 10.3. The molecule has 0 unspecified atom stereocenters. The van der Waals surface area contributed by atoms with E-state index in [1.54, 1.807) is 0 Å². The fourth-order valence-electron chi connectivity index (χ4n) is 2.92. The number of ether oxygens (including phenoxy) is 1. The molecule has 0 amide bonds. The SMILES string of the molecule is CC(C)CC(=NOCCOc1ccccc1)c1ccc(-c2ccccc2)cc1. The number of nitrogens with zero attached hydrogens (tertiary/aromatic N) is 1. The summed E-state index contributed by atoms with van der Waals surface area (Å²) in [5, 5.41) is 4.40. The van der Waals surface area contributed by atoms with Gasteiger partial charge in [-0.3, -0.25) is 0 Å². The van der Waals surface area contributed by atoms with E-state index in [-0.39, 0.29) is 0 Å². The molecule has 0 bridgehead atoms. The molecule has 3 aromatic carbocycles. The molecular weight excluding hydrogens is 346 g/mol. The van der Waals surface area contributed by atoms with Crippen LogP contribution in [0.2, 0.25) is 0 Å². The molecule has 3 nitrogen and oxygen atoms in total. The van der Waals surface area contributed by atoms with E-state index in [0.717, 1.165) is 23.4 Å². The van der Waals surface area contributed by atoms with Crippen LogP contribution >= 0.6 is 0 Å². The molecule has 0 fully saturated rings. The highest BCUT2D eigenvalue weighted by Gasteiger charge is 2.08. The highest BCUT2D eigenvalue weighted by Crippen LogP contribution is 2.21. The largest absolute Gasteiger partial charge is 0.490 e. The number of hydrogen-bond donors (Lipinski definition) is 0. The van der Waals surface area contributed by atoms with Gasteiger partial charge < -0.3 is 9.57 Å². The lowest BCUT2D eigenvalue weighted by Crippen LogP contribution is -2.09. The van der Waals surface area contributed by atoms with Crippen molar-refractivity contribution in [3.63, 3.8) is 0 Å². The molecule has 0 aliphatic carbocycles. The predicted molar refractivity (Wildman–Crippen MR) is 116 cm³/mol. The van der Waals surface area contributed by atoms with E-state index in [2.05, 4.69) is 67.5 Å². The fourth-order valence-corrected chi connectivity index (χ4v) is 2.92. The molecule has 0 atom stereocenters. The number of hydrogen-bond acceptors (Lipinski definition) is 3. The van der Waals surface area contributed by atoms with Crippen LogP contribution in [-0.2, 0) is 4.84 Å². The van der Waals surface area contributed by atoms with E-state index in [9.17, 15) is 0 Å². The van der Waals surface area contributed by atoms with Crippen LogP contribution in [0.25, 0.3) is 11.1 Å². The highest BCUT2D eigenvalue weighted by molar-refractivity contribution is 6.00. The van der Waals surface area contributed by atoms with Crippen molar-refractivity contribution >= 4 is 5.71 Å². The molecule has 0 aliphatic rings. The Bertz CT molecular complexity index is 856. The summed E-state index contributed by atoms with van der Waals surface area (Å²) in [5.41, 5.74) is 4.47. The molecule has 0 saturated heterocycles. The minimum absolute atomic E-state index is 0.415. The Morgan fingerprint density at radius 1 is 0.750 bits per heavy atom. The lowest BCUT2D eigenvalue weighted by Gasteiger charge is -2.11. The summed E-state index contributed by atoms with van der Waals surface area (Å²) in [5.74, 6) is 1.34. The van der Waals surface area contributed by atoms with Crippen LogP contribution in [0.3, 0.4) is 0 Å². The van der Waals surface area contributed by atoms with Crippen molar-refractivity contribution in [3.05, 3.63) is 90.5 Å². The summed E-state index contributed by atoms with van der Waals surface area (Å²) >= 11 is 0. The number of benzene rings is 3. The Morgan fingerprint density at radius 2 is 1.36 bits per heavy atom. The van der Waals surface area contributed by atoms with Gasteiger partial charge in [0.2, 0.25) is 0 Å². The van der Waals surface area contributed by atoms with Crippen molar-refractivity contribution in [2.45, 2.75) is 20.3 Å². The van der Waals surface area contributed by atoms with Gasteiger partial charge in [-0.1, -0.05) is 91.8 Å². The minimum Gasteiger partial charge on any atom is -0.490 e. The first-order chi connectivity index (χ1) is 13.7. The van der Waals surface area contributed by atoms with Gasteiger partial charge in [0.05, 0.1) is 5.71 Å². The Hall–Kier alpha value is -3.07. The first-order valence-corrected chi connectivity index (χ1v) is 9.75. The maximum atomic E-state index is 5.65. The normalized spacial score (nSPS) is 11.5. The third-order valence-electron chi connectivity index (χ3n) is 4.29. The first-order valence-electron chi connectivity index (χ1n) is 9.75. The molecule has 0 aliphatic heterocycles. The summed E-state index contributed by atoms with van der Waals surface area (Å²) in [6.07, 6.45) is 0.865. The predicted octanol–water partition coefficient (Wildman–Crippen LogP) is 6.20. The highest BCUT2D eigenvalue weighted by atomic mass is 16.6. The Morgan fingerprint density at radius 3 is 2.00 bits per heavy atom. The van der Waals surface area contributed by atoms with Gasteiger partial charge >= 0.3 is 0 Å². The zero-order valence-corrected chi connectivity index (χ0v) is 16.5. The third-order valence-corrected chi connectivity index (χ3v) is 4.29. The lowest BCUT2D eigenvalue weighted by molar-refractivity contribution is 0.106. The standard InChI is InChI=1S/C25H27NO2/c1-20(2)19-25(26-28-18-17-27-24-11-7-4-8-12-24)23-15-13-22(14-16-23)21-9-5-3-6-10-21/h3-16,20H,17-19H2,1-2H3. The molecule has 144 valence electrons. The number of rotatable bonds is 9. The molecule has 0 radical (unpaired) electrons. The van der Waals surface area contributed by atoms with Crippen molar-refractivity contribution < 1.29 is 9.57 Å². The topological polar surface area (TPSA) is 30.8 Å². The van der Waals surface area contributed by atoms with Gasteiger partial charge in [-0.05, 0) is 41.2 Å². The van der Waals surface area contributed by atoms with Gasteiger partial charge in [-0.25, -0.2) is 0 Å². The van der Waals surface area contributed by atoms with Crippen molar-refractivity contribution in [3.8, 4) is 16.9 Å². The van der Waals surface area contributed by atoms with Gasteiger partial charge in [0.25, 0.3) is 0 Å². The van der Waals surface area contributed by atoms with Gasteiger partial charge in [-0.2, -0.15) is 0 Å². The molecule has 28 heavy (non-hydrogen) atoms. The molecule has 0 heterocycles. The monoisotopic (exact) mass is 373 g/mol. The van der Waals surface area contributed by atoms with Crippen molar-refractivity contribution in [1.82, 2.24) is 0 Å². The van der Waals surface area contributed by atoms with Gasteiger partial charge in [0.1, 0.15) is 12.4 Å². The fraction of sp³-hybridized carbons (Fsp3) is 0.240. The second-order valence-electron chi connectivity index (χ2n) is 7.07. The molecule has 0 saturated carbocycles. The van der Waals surface area contributed by atoms with Crippen LogP contribution < -0.4 is 4.74 Å². The van der Waals surface area contributed by atoms with Crippen LogP contribution in [0.15, 0.2) is 90.1 Å². The van der Waals surface area contributed by atoms with E-state index < -0.39 is 0 Å². The third kappa shape index (κ3) is 5.98. The van der Waals surface area contributed by atoms with Crippen molar-refractivity contribution in [1.29, 1.82) is 0 Å². The molecule has 0 spiro atoms. The molecule has 0 aromatic heterocycles. The summed E-state index contributed by atoms with van der Waals surface area (Å²) < 4.78 is 5.65. The number of oxime groups is 1. The van der Waals surface area contributed by atoms with Crippen LogP contribution in [0.4, 0.5) is 0 Å². The Kier molecular flexibility index (Phi) is 7.25. The average molecular weight is 373 g/mol. The van der Waals surface area contributed by atoms with Crippen LogP contribution in [0.1, 0.15) is 25.8 Å². The summed E-state index contributed by atoms with van der Waals surface area (Å²) in [4.78, 5) is 5.55. The smallest absolute Gasteiger partial charge is 0.151 e. The van der Waals surface area contributed by atoms with E-state index in [1.807, 2.05) is 36.4 Å². The average Bonchev–Trinajstić information content (AvgIpc) is 2.74. The minimum atomic E-state index is 0.415. The first kappa shape index (κ1) is 19.7. The van der Waals surface area contributed by atoms with E-state index >= 15 is 0 Å². The quantitative estimate of drug-likeness (QED) is 0.254. The zero-order valence-electron chi connectivity index (χ0n) is 16.5. The maximum absolute atomic E-state index is 5.65. The maximum Gasteiger partial charge on any atom is 0.151 e. The van der Waals surface area contributed by atoms with E-state index in [0.29, 0.717) is 19.1 Å². The molecule has 3 rings (SSSR count). The Labute approximate surface area is 167 Å². The van der Waals surface area contributed by atoms with E-state index in [4.69, 9.17) is 9.57 Å². The van der Waals surface area contributed by atoms with Crippen LogP contribution in [0.5, 0.6) is 5.75 Å². The van der Waals surface area contributed by atoms with E-state index in [1.165, 1.54) is 11.1 Å². The lowest BCUT2D eigenvalue weighted by atomic mass is 9.98. The summed E-state index contributed by atoms with van der Waals surface area (Å²) in [6.45, 7) is 5.26. The second-order valence-corrected chi connectivity index (χ2v) is 7.07. The van der Waals surface area contributed by atoms with Gasteiger partial charge in [-0.15, -0.1) is 0 Å². The summed E-state index contributed by atoms with van der Waals surface area (Å²) in [6, 6.07) is 28.6. The van der Waals surface area contributed by atoms with Gasteiger partial charge in [0.15, 0.2) is 6.61 Å². The molecule has 3 aromatic rings. The molecule has 0 N–H and O–H groups in total. The molecule has 3 heteroatoms. The zero-order chi connectivity index (χ0) is 19.6. The van der Waals surface area contributed by atoms with Crippen molar-refractivity contribution in [2.75, 3.05) is 13.2 Å². The van der Waals surface area contributed by atoms with Crippen LogP contribution in [0, 0.1) is 5.92 Å². The Balaban J connectivity index is 1.61. The number of para-hydroxylation sites is 1.